The van der Waals surface area contributed by atoms with E-state index in [1.165, 1.54) is 12.8 Å². The summed E-state index contributed by atoms with van der Waals surface area (Å²) < 4.78 is 0. The standard InChI is InChI=1S/C17H25NO2/c1-11-7-12-8-14(19)13-3-2-5-18-6-4-15(9-11)10-16(12,13)17(15,18)20/h11-13,20H,2-10H2,1H3/t11-,12+,13-,15?,16+,17+/m1/s1. The number of Topliss-reactive ketones (excluding diaryl/α,β-unsaturated/α-hetero) is 1. The minimum Gasteiger partial charge on any atom is -0.374 e. The summed E-state index contributed by atoms with van der Waals surface area (Å²) in [6.07, 6.45) is 7.51. The molecular formula is C17H25NO2. The summed E-state index contributed by atoms with van der Waals surface area (Å²) in [5.74, 6) is 1.76. The molecule has 0 aromatic carbocycles. The third-order valence-electron chi connectivity index (χ3n) is 7.87. The third-order valence-corrected chi connectivity index (χ3v) is 7.87. The lowest BCUT2D eigenvalue weighted by atomic mass is 9.41. The van der Waals surface area contributed by atoms with Gasteiger partial charge in [0.15, 0.2) is 0 Å². The smallest absolute Gasteiger partial charge is 0.137 e. The van der Waals surface area contributed by atoms with Gasteiger partial charge in [-0.15, -0.1) is 0 Å². The zero-order chi connectivity index (χ0) is 13.8. The predicted octanol–water partition coefficient (Wildman–Crippen LogP) is 2.19. The van der Waals surface area contributed by atoms with Crippen LogP contribution in [0.5, 0.6) is 0 Å². The van der Waals surface area contributed by atoms with Crippen LogP contribution in [0.15, 0.2) is 0 Å². The number of rotatable bonds is 0. The molecule has 1 unspecified atom stereocenters. The van der Waals surface area contributed by atoms with Gasteiger partial charge in [-0.3, -0.25) is 9.69 Å². The lowest BCUT2D eigenvalue weighted by Gasteiger charge is -2.68. The first kappa shape index (κ1) is 12.2. The van der Waals surface area contributed by atoms with Gasteiger partial charge in [-0.2, -0.15) is 0 Å². The number of hydrogen-bond donors (Lipinski definition) is 1. The second kappa shape index (κ2) is 3.33. The van der Waals surface area contributed by atoms with Crippen molar-refractivity contribution in [3.8, 4) is 0 Å². The predicted molar refractivity (Wildman–Crippen MR) is 74.9 cm³/mol. The van der Waals surface area contributed by atoms with Crippen molar-refractivity contribution in [1.29, 1.82) is 0 Å². The quantitative estimate of drug-likeness (QED) is 0.736. The molecular weight excluding hydrogens is 250 g/mol. The lowest BCUT2D eigenvalue weighted by Crippen LogP contribution is -2.75. The average molecular weight is 275 g/mol. The first-order chi connectivity index (χ1) is 9.53. The largest absolute Gasteiger partial charge is 0.374 e. The van der Waals surface area contributed by atoms with Crippen LogP contribution in [0.25, 0.3) is 0 Å². The summed E-state index contributed by atoms with van der Waals surface area (Å²) in [4.78, 5) is 15.0. The average Bonchev–Trinajstić information content (AvgIpc) is 2.64. The van der Waals surface area contributed by atoms with Crippen LogP contribution in [0.1, 0.15) is 51.9 Å². The summed E-state index contributed by atoms with van der Waals surface area (Å²) in [6, 6.07) is 0. The molecule has 0 aromatic rings. The number of ketones is 1. The van der Waals surface area contributed by atoms with Gasteiger partial charge in [0.25, 0.3) is 0 Å². The number of carbonyl (C=O) groups is 1. The maximum Gasteiger partial charge on any atom is 0.137 e. The van der Waals surface area contributed by atoms with Crippen LogP contribution in [0, 0.1) is 28.6 Å². The van der Waals surface area contributed by atoms with Crippen LogP contribution in [0.3, 0.4) is 0 Å². The van der Waals surface area contributed by atoms with Gasteiger partial charge in [0.1, 0.15) is 11.5 Å². The SMILES string of the molecule is C[C@@H]1C[C@H]2CC(=O)[C@H]3CCCN4CCC5(C1)C[C@]23[C@]45O. The van der Waals surface area contributed by atoms with Crippen molar-refractivity contribution < 1.29 is 9.90 Å². The highest BCUT2D eigenvalue weighted by Crippen LogP contribution is 2.80. The second-order valence-electron chi connectivity index (χ2n) is 8.51. The van der Waals surface area contributed by atoms with Crippen LogP contribution >= 0.6 is 0 Å². The van der Waals surface area contributed by atoms with E-state index >= 15 is 0 Å². The van der Waals surface area contributed by atoms with Gasteiger partial charge in [0.05, 0.1) is 0 Å². The Kier molecular flexibility index (Phi) is 2.02. The van der Waals surface area contributed by atoms with Crippen molar-refractivity contribution in [2.45, 2.75) is 57.6 Å². The van der Waals surface area contributed by atoms with E-state index in [0.29, 0.717) is 17.6 Å². The molecule has 20 heavy (non-hydrogen) atoms. The zero-order valence-electron chi connectivity index (χ0n) is 12.4. The van der Waals surface area contributed by atoms with Crippen molar-refractivity contribution in [2.24, 2.45) is 28.6 Å². The summed E-state index contributed by atoms with van der Waals surface area (Å²) in [5.41, 5.74) is -0.584. The van der Waals surface area contributed by atoms with Gasteiger partial charge in [-0.1, -0.05) is 6.92 Å². The minimum atomic E-state index is -0.636. The van der Waals surface area contributed by atoms with E-state index in [2.05, 4.69) is 11.8 Å². The fourth-order valence-corrected chi connectivity index (χ4v) is 7.56. The molecule has 2 spiro atoms. The van der Waals surface area contributed by atoms with Crippen molar-refractivity contribution in [2.75, 3.05) is 13.1 Å². The van der Waals surface area contributed by atoms with Crippen molar-refractivity contribution in [1.82, 2.24) is 4.90 Å². The molecule has 0 radical (unpaired) electrons. The van der Waals surface area contributed by atoms with Gasteiger partial charge >= 0.3 is 0 Å². The van der Waals surface area contributed by atoms with Crippen LogP contribution < -0.4 is 0 Å². The van der Waals surface area contributed by atoms with Crippen molar-refractivity contribution >= 4 is 5.78 Å². The van der Waals surface area contributed by atoms with E-state index in [1.54, 1.807) is 0 Å². The number of carbonyl (C=O) groups excluding carboxylic acids is 1. The second-order valence-corrected chi connectivity index (χ2v) is 8.51. The third kappa shape index (κ3) is 0.972. The normalized spacial score (nSPS) is 60.7. The van der Waals surface area contributed by atoms with E-state index in [-0.39, 0.29) is 16.7 Å². The molecule has 0 amide bonds. The molecule has 2 heterocycles. The molecule has 4 aliphatic carbocycles. The van der Waals surface area contributed by atoms with E-state index in [9.17, 15) is 9.90 Å². The topological polar surface area (TPSA) is 40.5 Å². The van der Waals surface area contributed by atoms with Gasteiger partial charge in [-0.05, 0) is 50.4 Å². The minimum absolute atomic E-state index is 0.0676. The van der Waals surface area contributed by atoms with Gasteiger partial charge in [0.2, 0.25) is 0 Å². The van der Waals surface area contributed by atoms with Crippen LogP contribution in [-0.2, 0) is 4.79 Å². The molecule has 6 rings (SSSR count). The molecule has 3 nitrogen and oxygen atoms in total. The highest BCUT2D eigenvalue weighted by Gasteiger charge is 2.84. The molecule has 6 fully saturated rings. The first-order valence-electron chi connectivity index (χ1n) is 8.54. The molecule has 3 heteroatoms. The molecule has 2 bridgehead atoms. The molecule has 6 atom stereocenters. The number of aliphatic hydroxyl groups is 1. The molecule has 2 aliphatic heterocycles. The lowest BCUT2D eigenvalue weighted by molar-refractivity contribution is -0.331. The fraction of sp³-hybridized carbons (Fsp3) is 0.941. The van der Waals surface area contributed by atoms with Crippen LogP contribution in [0.2, 0.25) is 0 Å². The van der Waals surface area contributed by atoms with Gasteiger partial charge in [0, 0.05) is 36.3 Å². The fourth-order valence-electron chi connectivity index (χ4n) is 7.56. The van der Waals surface area contributed by atoms with E-state index in [0.717, 1.165) is 45.2 Å². The molecule has 4 saturated carbocycles. The van der Waals surface area contributed by atoms with Crippen molar-refractivity contribution in [3.05, 3.63) is 0 Å². The highest BCUT2D eigenvalue weighted by atomic mass is 16.3. The summed E-state index contributed by atoms with van der Waals surface area (Å²) in [5, 5.41) is 11.8. The molecule has 6 aliphatic rings. The Morgan fingerprint density at radius 2 is 2.20 bits per heavy atom. The van der Waals surface area contributed by atoms with Crippen LogP contribution in [0.4, 0.5) is 0 Å². The Morgan fingerprint density at radius 3 is 3.05 bits per heavy atom. The summed E-state index contributed by atoms with van der Waals surface area (Å²) in [7, 11) is 0. The molecule has 2 saturated heterocycles. The summed E-state index contributed by atoms with van der Waals surface area (Å²) >= 11 is 0. The first-order valence-corrected chi connectivity index (χ1v) is 8.54. The zero-order valence-corrected chi connectivity index (χ0v) is 12.4. The van der Waals surface area contributed by atoms with Gasteiger partial charge in [-0.25, -0.2) is 0 Å². The highest BCUT2D eigenvalue weighted by molar-refractivity contribution is 5.86. The molecule has 0 aromatic heterocycles. The van der Waals surface area contributed by atoms with Crippen molar-refractivity contribution in [3.63, 3.8) is 0 Å². The van der Waals surface area contributed by atoms with E-state index in [1.807, 2.05) is 0 Å². The maximum absolute atomic E-state index is 12.6. The van der Waals surface area contributed by atoms with E-state index < -0.39 is 5.72 Å². The Bertz CT molecular complexity index is 505. The Balaban J connectivity index is 1.75. The number of hydrogen-bond acceptors (Lipinski definition) is 3. The van der Waals surface area contributed by atoms with Crippen LogP contribution in [-0.4, -0.2) is 34.6 Å². The number of nitrogens with zero attached hydrogens (tertiary/aromatic N) is 1. The Labute approximate surface area is 120 Å². The molecule has 110 valence electrons. The summed E-state index contributed by atoms with van der Waals surface area (Å²) in [6.45, 7) is 4.40. The monoisotopic (exact) mass is 275 g/mol. The van der Waals surface area contributed by atoms with Gasteiger partial charge < -0.3 is 5.11 Å². The molecule has 1 N–H and O–H groups in total. The number of fused-ring (bicyclic) bond motifs is 2. The Morgan fingerprint density at radius 1 is 1.35 bits per heavy atom. The Hall–Kier alpha value is -0.410. The van der Waals surface area contributed by atoms with E-state index in [4.69, 9.17) is 0 Å². The maximum atomic E-state index is 12.6.